The highest BCUT2D eigenvalue weighted by Crippen LogP contribution is 2.19. The van der Waals surface area contributed by atoms with E-state index in [1.807, 2.05) is 44.4 Å². The van der Waals surface area contributed by atoms with Gasteiger partial charge in [0.2, 0.25) is 0 Å². The number of hydrogen-bond donors (Lipinski definition) is 1. The Balaban J connectivity index is 2.69. The van der Waals surface area contributed by atoms with E-state index in [2.05, 4.69) is 11.9 Å². The molecule has 0 spiro atoms. The molecule has 1 aromatic carbocycles. The van der Waals surface area contributed by atoms with Crippen molar-refractivity contribution >= 4 is 23.5 Å². The molecule has 0 unspecified atom stereocenters. The molecule has 0 heterocycles. The van der Waals surface area contributed by atoms with Crippen LogP contribution in [0.4, 0.5) is 10.5 Å². The largest absolute Gasteiger partial charge is 0.322 e. The Morgan fingerprint density at radius 2 is 2.22 bits per heavy atom. The maximum Gasteiger partial charge on any atom is 0.322 e. The van der Waals surface area contributed by atoms with Gasteiger partial charge < -0.3 is 10.2 Å². The number of likely N-dealkylation sites (N-methyl/N-ethyl adjacent to an activating group) is 1. The number of nitrogens with zero attached hydrogens (tertiary/aromatic N) is 1. The molecule has 1 rings (SSSR count). The molecule has 1 N–H and O–H groups in total. The second-order valence-corrected chi connectivity index (χ2v) is 5.01. The van der Waals surface area contributed by atoms with Crippen molar-refractivity contribution in [2.24, 2.45) is 0 Å². The smallest absolute Gasteiger partial charge is 0.321 e. The molecule has 0 aromatic heterocycles. The van der Waals surface area contributed by atoms with E-state index in [-0.39, 0.29) is 6.03 Å². The van der Waals surface area contributed by atoms with Gasteiger partial charge in [0, 0.05) is 23.7 Å². The molecule has 3 nitrogen and oxygen atoms in total. The van der Waals surface area contributed by atoms with Gasteiger partial charge in [-0.25, -0.2) is 4.79 Å². The van der Waals surface area contributed by atoms with Crippen LogP contribution in [0.15, 0.2) is 41.3 Å². The fourth-order valence-corrected chi connectivity index (χ4v) is 2.02. The summed E-state index contributed by atoms with van der Waals surface area (Å²) in [6.07, 6.45) is 2.01. The van der Waals surface area contributed by atoms with Crippen molar-refractivity contribution in [1.82, 2.24) is 4.90 Å². The fraction of sp³-hybridized carbons (Fsp3) is 0.357. The molecule has 0 aliphatic carbocycles. The van der Waals surface area contributed by atoms with E-state index in [1.54, 1.807) is 16.7 Å². The van der Waals surface area contributed by atoms with Crippen molar-refractivity contribution < 1.29 is 4.79 Å². The Labute approximate surface area is 113 Å². The SMILES string of the molecule is C=C(C)CN(CC)C(=O)Nc1cccc(SC)c1. The molecule has 0 saturated carbocycles. The highest BCUT2D eigenvalue weighted by atomic mass is 32.2. The molecule has 0 radical (unpaired) electrons. The average molecular weight is 264 g/mol. The van der Waals surface area contributed by atoms with E-state index < -0.39 is 0 Å². The number of nitrogens with one attached hydrogen (secondary N) is 1. The predicted octanol–water partition coefficient (Wildman–Crippen LogP) is 3.84. The average Bonchev–Trinajstić information content (AvgIpc) is 2.35. The molecule has 0 aliphatic heterocycles. The third-order valence-corrected chi connectivity index (χ3v) is 3.18. The summed E-state index contributed by atoms with van der Waals surface area (Å²) in [6, 6.07) is 7.74. The number of rotatable bonds is 5. The highest BCUT2D eigenvalue weighted by Gasteiger charge is 2.11. The molecule has 18 heavy (non-hydrogen) atoms. The van der Waals surface area contributed by atoms with E-state index in [9.17, 15) is 4.79 Å². The Kier molecular flexibility index (Phi) is 5.78. The van der Waals surface area contributed by atoms with Gasteiger partial charge in [0.15, 0.2) is 0 Å². The van der Waals surface area contributed by atoms with Gasteiger partial charge >= 0.3 is 6.03 Å². The van der Waals surface area contributed by atoms with Gasteiger partial charge in [0.1, 0.15) is 0 Å². The van der Waals surface area contributed by atoms with Gasteiger partial charge in [-0.15, -0.1) is 11.8 Å². The van der Waals surface area contributed by atoms with E-state index in [1.165, 1.54) is 0 Å². The second-order valence-electron chi connectivity index (χ2n) is 4.13. The van der Waals surface area contributed by atoms with Crippen LogP contribution < -0.4 is 5.32 Å². The van der Waals surface area contributed by atoms with Crippen molar-refractivity contribution in [2.45, 2.75) is 18.7 Å². The number of carbonyl (C=O) groups excluding carboxylic acids is 1. The lowest BCUT2D eigenvalue weighted by Crippen LogP contribution is -2.35. The van der Waals surface area contributed by atoms with E-state index in [0.29, 0.717) is 13.1 Å². The van der Waals surface area contributed by atoms with Gasteiger partial charge in [-0.3, -0.25) is 0 Å². The molecule has 0 bridgehead atoms. The number of carbonyl (C=O) groups is 1. The zero-order valence-electron chi connectivity index (χ0n) is 11.2. The highest BCUT2D eigenvalue weighted by molar-refractivity contribution is 7.98. The second kappa shape index (κ2) is 7.11. The molecule has 0 fully saturated rings. The minimum atomic E-state index is -0.0845. The van der Waals surface area contributed by atoms with Crippen LogP contribution in [-0.4, -0.2) is 30.3 Å². The van der Waals surface area contributed by atoms with Gasteiger partial charge in [-0.2, -0.15) is 0 Å². The van der Waals surface area contributed by atoms with Crippen LogP contribution >= 0.6 is 11.8 Å². The standard InChI is InChI=1S/C14H20N2OS/c1-5-16(10-11(2)3)14(17)15-12-7-6-8-13(9-12)18-4/h6-9H,2,5,10H2,1,3-4H3,(H,15,17). The summed E-state index contributed by atoms with van der Waals surface area (Å²) in [5, 5.41) is 2.91. The minimum Gasteiger partial charge on any atom is -0.321 e. The maximum atomic E-state index is 12.0. The van der Waals surface area contributed by atoms with Crippen LogP contribution in [0.1, 0.15) is 13.8 Å². The predicted molar refractivity (Wildman–Crippen MR) is 79.3 cm³/mol. The zero-order chi connectivity index (χ0) is 13.5. The molecule has 2 amide bonds. The first-order chi connectivity index (χ1) is 8.56. The van der Waals surface area contributed by atoms with Crippen molar-refractivity contribution in [2.75, 3.05) is 24.7 Å². The number of urea groups is 1. The van der Waals surface area contributed by atoms with Gasteiger partial charge in [-0.1, -0.05) is 18.2 Å². The molecular formula is C14H20N2OS. The van der Waals surface area contributed by atoms with Crippen LogP contribution in [0.3, 0.4) is 0 Å². The molecule has 0 atom stereocenters. The fourth-order valence-electron chi connectivity index (χ4n) is 1.56. The van der Waals surface area contributed by atoms with Crippen LogP contribution in [0.25, 0.3) is 0 Å². The molecule has 1 aromatic rings. The molecule has 0 aliphatic rings. The lowest BCUT2D eigenvalue weighted by molar-refractivity contribution is 0.218. The Hall–Kier alpha value is -1.42. The summed E-state index contributed by atoms with van der Waals surface area (Å²) in [4.78, 5) is 14.9. The molecule has 4 heteroatoms. The topological polar surface area (TPSA) is 32.3 Å². The summed E-state index contributed by atoms with van der Waals surface area (Å²) in [6.45, 7) is 8.97. The lowest BCUT2D eigenvalue weighted by atomic mass is 10.3. The third-order valence-electron chi connectivity index (χ3n) is 2.45. The van der Waals surface area contributed by atoms with Gasteiger partial charge in [0.05, 0.1) is 0 Å². The summed E-state index contributed by atoms with van der Waals surface area (Å²) in [5.74, 6) is 0. The molecule has 0 saturated heterocycles. The van der Waals surface area contributed by atoms with Crippen LogP contribution in [0.2, 0.25) is 0 Å². The van der Waals surface area contributed by atoms with E-state index in [0.717, 1.165) is 16.2 Å². The third kappa shape index (κ3) is 4.45. The van der Waals surface area contributed by atoms with Crippen molar-refractivity contribution in [3.05, 3.63) is 36.4 Å². The zero-order valence-corrected chi connectivity index (χ0v) is 12.0. The number of amides is 2. The summed E-state index contributed by atoms with van der Waals surface area (Å²) in [5.41, 5.74) is 1.80. The normalized spacial score (nSPS) is 9.94. The van der Waals surface area contributed by atoms with Crippen LogP contribution in [0.5, 0.6) is 0 Å². The Morgan fingerprint density at radius 1 is 1.50 bits per heavy atom. The van der Waals surface area contributed by atoms with E-state index in [4.69, 9.17) is 0 Å². The summed E-state index contributed by atoms with van der Waals surface area (Å²) in [7, 11) is 0. The van der Waals surface area contributed by atoms with Crippen molar-refractivity contribution in [1.29, 1.82) is 0 Å². The lowest BCUT2D eigenvalue weighted by Gasteiger charge is -2.21. The van der Waals surface area contributed by atoms with Gasteiger partial charge in [0.25, 0.3) is 0 Å². The number of hydrogen-bond acceptors (Lipinski definition) is 2. The quantitative estimate of drug-likeness (QED) is 0.647. The number of thioether (sulfide) groups is 1. The summed E-state index contributed by atoms with van der Waals surface area (Å²) >= 11 is 1.66. The minimum absolute atomic E-state index is 0.0845. The molecular weight excluding hydrogens is 244 g/mol. The van der Waals surface area contributed by atoms with Crippen molar-refractivity contribution in [3.63, 3.8) is 0 Å². The van der Waals surface area contributed by atoms with Crippen LogP contribution in [-0.2, 0) is 0 Å². The number of anilines is 1. The first-order valence-corrected chi connectivity index (χ1v) is 7.13. The first kappa shape index (κ1) is 14.6. The monoisotopic (exact) mass is 264 g/mol. The maximum absolute atomic E-state index is 12.0. The van der Waals surface area contributed by atoms with Crippen LogP contribution in [0, 0.1) is 0 Å². The first-order valence-electron chi connectivity index (χ1n) is 5.91. The Morgan fingerprint density at radius 3 is 2.78 bits per heavy atom. The van der Waals surface area contributed by atoms with Gasteiger partial charge in [-0.05, 0) is 38.3 Å². The summed E-state index contributed by atoms with van der Waals surface area (Å²) < 4.78 is 0. The Bertz CT molecular complexity index is 432. The van der Waals surface area contributed by atoms with Crippen molar-refractivity contribution in [3.8, 4) is 0 Å². The number of benzene rings is 1. The molecule has 98 valence electrons. The van der Waals surface area contributed by atoms with E-state index >= 15 is 0 Å².